The minimum Gasteiger partial charge on any atom is -0.378 e. The number of aromatic nitrogens is 1. The van der Waals surface area contributed by atoms with Crippen molar-refractivity contribution in [3.8, 4) is 0 Å². The maximum absolute atomic E-state index is 12.1. The van der Waals surface area contributed by atoms with Crippen LogP contribution in [0.25, 0.3) is 0 Å². The molecule has 5 heteroatoms. The third-order valence-corrected chi connectivity index (χ3v) is 4.16. The Morgan fingerprint density at radius 3 is 2.55 bits per heavy atom. The van der Waals surface area contributed by atoms with Crippen molar-refractivity contribution < 1.29 is 4.79 Å². The standard InChI is InChI=1S/C17H23N3OS/c1-12(2)9-15-11-18-17(22-15)19-16(21)10-13-5-7-14(8-6-13)20(3)4/h5-8,11-12H,9-10H2,1-4H3,(H,18,19,21). The van der Waals surface area contributed by atoms with Crippen LogP contribution in [0.5, 0.6) is 0 Å². The number of hydrogen-bond acceptors (Lipinski definition) is 4. The number of rotatable bonds is 6. The molecule has 22 heavy (non-hydrogen) atoms. The maximum atomic E-state index is 12.1. The van der Waals surface area contributed by atoms with E-state index in [-0.39, 0.29) is 5.91 Å². The Bertz CT molecular complexity index is 617. The fourth-order valence-corrected chi connectivity index (χ4v) is 3.16. The molecule has 0 unspecified atom stereocenters. The van der Waals surface area contributed by atoms with E-state index in [4.69, 9.17) is 0 Å². The number of hydrogen-bond donors (Lipinski definition) is 1. The number of nitrogens with one attached hydrogen (secondary N) is 1. The van der Waals surface area contributed by atoms with Gasteiger partial charge >= 0.3 is 0 Å². The number of thiazole rings is 1. The average Bonchev–Trinajstić information content (AvgIpc) is 2.85. The van der Waals surface area contributed by atoms with Gasteiger partial charge in [-0.3, -0.25) is 4.79 Å². The average molecular weight is 317 g/mol. The SMILES string of the molecule is CC(C)Cc1cnc(NC(=O)Cc2ccc(N(C)C)cc2)s1. The highest BCUT2D eigenvalue weighted by molar-refractivity contribution is 7.15. The van der Waals surface area contributed by atoms with E-state index >= 15 is 0 Å². The third kappa shape index (κ3) is 4.84. The van der Waals surface area contributed by atoms with Gasteiger partial charge in [-0.05, 0) is 30.0 Å². The van der Waals surface area contributed by atoms with Crippen LogP contribution in [-0.2, 0) is 17.6 Å². The second-order valence-electron chi connectivity index (χ2n) is 6.02. The molecule has 1 heterocycles. The number of benzene rings is 1. The minimum atomic E-state index is -0.0250. The van der Waals surface area contributed by atoms with Crippen LogP contribution in [-0.4, -0.2) is 25.0 Å². The number of anilines is 2. The van der Waals surface area contributed by atoms with E-state index < -0.39 is 0 Å². The van der Waals surface area contributed by atoms with Crippen LogP contribution >= 0.6 is 11.3 Å². The number of carbonyl (C=O) groups is 1. The van der Waals surface area contributed by atoms with E-state index in [9.17, 15) is 4.79 Å². The van der Waals surface area contributed by atoms with E-state index in [0.717, 1.165) is 17.7 Å². The first kappa shape index (κ1) is 16.5. The first-order valence-corrected chi connectivity index (χ1v) is 8.26. The summed E-state index contributed by atoms with van der Waals surface area (Å²) in [4.78, 5) is 19.6. The molecule has 2 rings (SSSR count). The summed E-state index contributed by atoms with van der Waals surface area (Å²) in [6, 6.07) is 8.02. The van der Waals surface area contributed by atoms with Crippen molar-refractivity contribution in [1.82, 2.24) is 4.98 Å². The molecular formula is C17H23N3OS. The van der Waals surface area contributed by atoms with Crippen molar-refractivity contribution in [1.29, 1.82) is 0 Å². The molecule has 0 aliphatic heterocycles. The van der Waals surface area contributed by atoms with Gasteiger partial charge in [-0.2, -0.15) is 0 Å². The molecule has 0 bridgehead atoms. The molecule has 0 fully saturated rings. The van der Waals surface area contributed by atoms with E-state index in [2.05, 4.69) is 24.1 Å². The zero-order chi connectivity index (χ0) is 16.1. The van der Waals surface area contributed by atoms with Crippen LogP contribution in [0.1, 0.15) is 24.3 Å². The Morgan fingerprint density at radius 2 is 1.95 bits per heavy atom. The maximum Gasteiger partial charge on any atom is 0.230 e. The van der Waals surface area contributed by atoms with Gasteiger partial charge in [0.05, 0.1) is 6.42 Å². The summed E-state index contributed by atoms with van der Waals surface area (Å²) in [6.45, 7) is 4.35. The van der Waals surface area contributed by atoms with Gasteiger partial charge < -0.3 is 10.2 Å². The van der Waals surface area contributed by atoms with Gasteiger partial charge in [-0.15, -0.1) is 11.3 Å². The molecule has 1 aromatic heterocycles. The lowest BCUT2D eigenvalue weighted by Crippen LogP contribution is -2.14. The molecule has 1 amide bonds. The molecule has 0 aliphatic rings. The van der Waals surface area contributed by atoms with E-state index in [1.807, 2.05) is 49.5 Å². The molecule has 4 nitrogen and oxygen atoms in total. The summed E-state index contributed by atoms with van der Waals surface area (Å²) in [5, 5.41) is 3.57. The Hall–Kier alpha value is -1.88. The van der Waals surface area contributed by atoms with Crippen molar-refractivity contribution in [2.75, 3.05) is 24.3 Å². The summed E-state index contributed by atoms with van der Waals surface area (Å²) in [7, 11) is 4.00. The molecule has 0 radical (unpaired) electrons. The second-order valence-corrected chi connectivity index (χ2v) is 7.13. The number of amides is 1. The molecule has 1 N–H and O–H groups in total. The lowest BCUT2D eigenvalue weighted by atomic mass is 10.1. The zero-order valence-corrected chi connectivity index (χ0v) is 14.4. The predicted molar refractivity (Wildman–Crippen MR) is 93.8 cm³/mol. The highest BCUT2D eigenvalue weighted by Crippen LogP contribution is 2.21. The normalized spacial score (nSPS) is 10.8. The summed E-state index contributed by atoms with van der Waals surface area (Å²) in [5.74, 6) is 0.572. The van der Waals surface area contributed by atoms with E-state index in [0.29, 0.717) is 17.5 Å². The van der Waals surface area contributed by atoms with Crippen LogP contribution in [0, 0.1) is 5.92 Å². The van der Waals surface area contributed by atoms with Crippen LogP contribution in [0.2, 0.25) is 0 Å². The topological polar surface area (TPSA) is 45.2 Å². The molecule has 0 spiro atoms. The largest absolute Gasteiger partial charge is 0.378 e. The van der Waals surface area contributed by atoms with Gasteiger partial charge in [0.15, 0.2) is 5.13 Å². The molecule has 0 saturated heterocycles. The monoisotopic (exact) mass is 317 g/mol. The molecular weight excluding hydrogens is 294 g/mol. The Kier molecular flexibility index (Phi) is 5.55. The molecule has 118 valence electrons. The van der Waals surface area contributed by atoms with Gasteiger partial charge in [0.25, 0.3) is 0 Å². The molecule has 0 atom stereocenters. The first-order valence-electron chi connectivity index (χ1n) is 7.45. The number of carbonyl (C=O) groups excluding carboxylic acids is 1. The Balaban J connectivity index is 1.91. The van der Waals surface area contributed by atoms with Gasteiger partial charge in [0.1, 0.15) is 0 Å². The van der Waals surface area contributed by atoms with Gasteiger partial charge in [-0.25, -0.2) is 4.98 Å². The fourth-order valence-electron chi connectivity index (χ4n) is 2.12. The second kappa shape index (κ2) is 7.40. The van der Waals surface area contributed by atoms with Crippen molar-refractivity contribution in [2.45, 2.75) is 26.7 Å². The molecule has 2 aromatic rings. The van der Waals surface area contributed by atoms with Crippen LogP contribution in [0.15, 0.2) is 30.5 Å². The smallest absolute Gasteiger partial charge is 0.230 e. The third-order valence-electron chi connectivity index (χ3n) is 3.23. The van der Waals surface area contributed by atoms with Crippen LogP contribution in [0.4, 0.5) is 10.8 Å². The van der Waals surface area contributed by atoms with E-state index in [1.54, 1.807) is 11.3 Å². The van der Waals surface area contributed by atoms with Crippen LogP contribution < -0.4 is 10.2 Å². The van der Waals surface area contributed by atoms with Crippen molar-refractivity contribution in [3.63, 3.8) is 0 Å². The molecule has 0 aliphatic carbocycles. The van der Waals surface area contributed by atoms with E-state index in [1.165, 1.54) is 4.88 Å². The van der Waals surface area contributed by atoms with Gasteiger partial charge in [0, 0.05) is 30.9 Å². The first-order chi connectivity index (χ1) is 10.4. The lowest BCUT2D eigenvalue weighted by molar-refractivity contribution is -0.115. The lowest BCUT2D eigenvalue weighted by Gasteiger charge is -2.12. The highest BCUT2D eigenvalue weighted by Gasteiger charge is 2.09. The highest BCUT2D eigenvalue weighted by atomic mass is 32.1. The molecule has 0 saturated carbocycles. The van der Waals surface area contributed by atoms with Crippen molar-refractivity contribution >= 4 is 28.1 Å². The minimum absolute atomic E-state index is 0.0250. The number of nitrogens with zero attached hydrogens (tertiary/aromatic N) is 2. The summed E-state index contributed by atoms with van der Waals surface area (Å²) in [5.41, 5.74) is 2.13. The van der Waals surface area contributed by atoms with Crippen LogP contribution in [0.3, 0.4) is 0 Å². The van der Waals surface area contributed by atoms with Crippen molar-refractivity contribution in [2.24, 2.45) is 5.92 Å². The summed E-state index contributed by atoms with van der Waals surface area (Å²) < 4.78 is 0. The Morgan fingerprint density at radius 1 is 1.27 bits per heavy atom. The molecule has 1 aromatic carbocycles. The van der Waals surface area contributed by atoms with Crippen molar-refractivity contribution in [3.05, 3.63) is 40.9 Å². The predicted octanol–water partition coefficient (Wildman–Crippen LogP) is 3.59. The fraction of sp³-hybridized carbons (Fsp3) is 0.412. The summed E-state index contributed by atoms with van der Waals surface area (Å²) in [6.07, 6.45) is 3.22. The Labute approximate surface area is 136 Å². The summed E-state index contributed by atoms with van der Waals surface area (Å²) >= 11 is 1.56. The quantitative estimate of drug-likeness (QED) is 0.885. The van der Waals surface area contributed by atoms with Gasteiger partial charge in [-0.1, -0.05) is 26.0 Å². The van der Waals surface area contributed by atoms with Gasteiger partial charge in [0.2, 0.25) is 5.91 Å². The zero-order valence-electron chi connectivity index (χ0n) is 13.6.